The molecule has 0 saturated carbocycles. The average Bonchev–Trinajstić information content (AvgIpc) is 3.10. The topological polar surface area (TPSA) is 37.3 Å². The van der Waals surface area contributed by atoms with E-state index < -0.39 is 0 Å². The largest absolute Gasteiger partial charge is 0.253 e. The van der Waals surface area contributed by atoms with Gasteiger partial charge in [0.15, 0.2) is 0 Å². The summed E-state index contributed by atoms with van der Waals surface area (Å²) in [6.07, 6.45) is 1.81. The molecule has 0 bridgehead atoms. The summed E-state index contributed by atoms with van der Waals surface area (Å²) in [5.41, 5.74) is 6.43. The van der Waals surface area contributed by atoms with Gasteiger partial charge in [-0.25, -0.2) is 4.98 Å². The predicted octanol–water partition coefficient (Wildman–Crippen LogP) is 4.93. The number of hydrazone groups is 1. The Hall–Kier alpha value is -1.98. The zero-order chi connectivity index (χ0) is 14.7. The molecule has 0 aliphatic carbocycles. The molecule has 2 aromatic heterocycles. The monoisotopic (exact) mass is 313 g/mol. The predicted molar refractivity (Wildman–Crippen MR) is 92.6 cm³/mol. The van der Waals surface area contributed by atoms with Crippen LogP contribution in [0.4, 0.5) is 5.13 Å². The van der Waals surface area contributed by atoms with Crippen LogP contribution in [0.15, 0.2) is 46.9 Å². The maximum absolute atomic E-state index is 4.63. The molecule has 21 heavy (non-hydrogen) atoms. The van der Waals surface area contributed by atoms with Crippen molar-refractivity contribution >= 4 is 34.0 Å². The van der Waals surface area contributed by atoms with Crippen LogP contribution in [-0.4, -0.2) is 11.2 Å². The van der Waals surface area contributed by atoms with E-state index in [0.29, 0.717) is 0 Å². The van der Waals surface area contributed by atoms with Crippen molar-refractivity contribution in [2.24, 2.45) is 5.10 Å². The Labute approximate surface area is 132 Å². The summed E-state index contributed by atoms with van der Waals surface area (Å²) >= 11 is 3.28. The van der Waals surface area contributed by atoms with Crippen LogP contribution in [0.25, 0.3) is 11.3 Å². The number of aryl methyl sites for hydroxylation is 2. The fraction of sp³-hybridized carbons (Fsp3) is 0.125. The van der Waals surface area contributed by atoms with E-state index in [1.54, 1.807) is 22.7 Å². The molecule has 1 aromatic carbocycles. The van der Waals surface area contributed by atoms with Crippen LogP contribution < -0.4 is 5.43 Å². The first-order valence-electron chi connectivity index (χ1n) is 6.59. The molecule has 0 unspecified atom stereocenters. The normalized spacial score (nSPS) is 11.1. The smallest absolute Gasteiger partial charge is 0.204 e. The summed E-state index contributed by atoms with van der Waals surface area (Å²) in [5.74, 6) is 0. The maximum atomic E-state index is 4.63. The number of hydrogen-bond donors (Lipinski definition) is 1. The van der Waals surface area contributed by atoms with Crippen LogP contribution in [0.5, 0.6) is 0 Å². The van der Waals surface area contributed by atoms with Crippen molar-refractivity contribution in [3.8, 4) is 11.3 Å². The SMILES string of the molecule is Cc1ccc(-c2nc(N/N=C/c3cccs3)sc2C)cc1. The van der Waals surface area contributed by atoms with E-state index in [4.69, 9.17) is 0 Å². The summed E-state index contributed by atoms with van der Waals surface area (Å²) in [7, 11) is 0. The Kier molecular flexibility index (Phi) is 4.13. The average molecular weight is 313 g/mol. The number of nitrogens with one attached hydrogen (secondary N) is 1. The maximum Gasteiger partial charge on any atom is 0.204 e. The quantitative estimate of drug-likeness (QED) is 0.547. The fourth-order valence-corrected chi connectivity index (χ4v) is 3.31. The van der Waals surface area contributed by atoms with Crippen molar-refractivity contribution < 1.29 is 0 Å². The van der Waals surface area contributed by atoms with Gasteiger partial charge in [0.1, 0.15) is 0 Å². The van der Waals surface area contributed by atoms with E-state index in [1.807, 2.05) is 23.7 Å². The minimum atomic E-state index is 0.816. The van der Waals surface area contributed by atoms with Crippen LogP contribution in [0, 0.1) is 13.8 Å². The molecule has 0 aliphatic heterocycles. The number of rotatable bonds is 4. The van der Waals surface area contributed by atoms with Crippen molar-refractivity contribution in [2.75, 3.05) is 5.43 Å². The van der Waals surface area contributed by atoms with E-state index >= 15 is 0 Å². The number of anilines is 1. The van der Waals surface area contributed by atoms with E-state index in [-0.39, 0.29) is 0 Å². The van der Waals surface area contributed by atoms with Crippen LogP contribution in [0.1, 0.15) is 15.3 Å². The van der Waals surface area contributed by atoms with Gasteiger partial charge >= 0.3 is 0 Å². The van der Waals surface area contributed by atoms with Crippen molar-refractivity contribution in [3.63, 3.8) is 0 Å². The van der Waals surface area contributed by atoms with Gasteiger partial charge in [-0.1, -0.05) is 35.9 Å². The second-order valence-electron chi connectivity index (χ2n) is 4.68. The van der Waals surface area contributed by atoms with E-state index in [1.165, 1.54) is 10.4 Å². The number of nitrogens with zero attached hydrogens (tertiary/aromatic N) is 2. The minimum Gasteiger partial charge on any atom is -0.253 e. The van der Waals surface area contributed by atoms with Gasteiger partial charge in [-0.15, -0.1) is 22.7 Å². The first-order valence-corrected chi connectivity index (χ1v) is 8.29. The molecular weight excluding hydrogens is 298 g/mol. The third-order valence-electron chi connectivity index (χ3n) is 3.02. The third-order valence-corrected chi connectivity index (χ3v) is 4.70. The lowest BCUT2D eigenvalue weighted by Crippen LogP contribution is -1.88. The van der Waals surface area contributed by atoms with Crippen molar-refractivity contribution in [3.05, 3.63) is 57.1 Å². The van der Waals surface area contributed by atoms with E-state index in [9.17, 15) is 0 Å². The Morgan fingerprint density at radius 2 is 1.95 bits per heavy atom. The highest BCUT2D eigenvalue weighted by molar-refractivity contribution is 7.16. The Bertz CT molecular complexity index is 740. The molecule has 3 rings (SSSR count). The van der Waals surface area contributed by atoms with Crippen molar-refractivity contribution in [2.45, 2.75) is 13.8 Å². The van der Waals surface area contributed by atoms with Crippen molar-refractivity contribution in [1.82, 2.24) is 4.98 Å². The second-order valence-corrected chi connectivity index (χ2v) is 6.86. The first kappa shape index (κ1) is 14.0. The van der Waals surface area contributed by atoms with Crippen LogP contribution in [0.3, 0.4) is 0 Å². The lowest BCUT2D eigenvalue weighted by Gasteiger charge is -1.99. The van der Waals surface area contributed by atoms with Gasteiger partial charge in [-0.2, -0.15) is 5.10 Å². The summed E-state index contributed by atoms with van der Waals surface area (Å²) in [4.78, 5) is 6.93. The molecule has 0 spiro atoms. The standard InChI is InChI=1S/C16H15N3S2/c1-11-5-7-13(8-6-11)15-12(2)21-16(18-15)19-17-10-14-4-3-9-20-14/h3-10H,1-2H3,(H,18,19)/b17-10+. The highest BCUT2D eigenvalue weighted by atomic mass is 32.1. The zero-order valence-electron chi connectivity index (χ0n) is 11.8. The summed E-state index contributed by atoms with van der Waals surface area (Å²) in [6.45, 7) is 4.17. The van der Waals surface area contributed by atoms with Gasteiger partial charge in [-0.3, -0.25) is 5.43 Å². The molecule has 3 nitrogen and oxygen atoms in total. The third kappa shape index (κ3) is 3.37. The fourth-order valence-electron chi connectivity index (χ4n) is 1.94. The summed E-state index contributed by atoms with van der Waals surface area (Å²) in [5, 5.41) is 7.08. The highest BCUT2D eigenvalue weighted by Crippen LogP contribution is 2.30. The van der Waals surface area contributed by atoms with Crippen LogP contribution in [0.2, 0.25) is 0 Å². The number of benzene rings is 1. The van der Waals surface area contributed by atoms with Gasteiger partial charge in [0.25, 0.3) is 0 Å². The lowest BCUT2D eigenvalue weighted by molar-refractivity contribution is 1.28. The molecule has 0 aliphatic rings. The minimum absolute atomic E-state index is 0.816. The van der Waals surface area contributed by atoms with E-state index in [0.717, 1.165) is 21.3 Å². The zero-order valence-corrected chi connectivity index (χ0v) is 13.5. The number of thiazole rings is 1. The summed E-state index contributed by atoms with van der Waals surface area (Å²) in [6, 6.07) is 12.5. The van der Waals surface area contributed by atoms with Gasteiger partial charge < -0.3 is 0 Å². The van der Waals surface area contributed by atoms with Gasteiger partial charge in [0, 0.05) is 15.3 Å². The molecule has 2 heterocycles. The molecule has 0 atom stereocenters. The molecule has 0 saturated heterocycles. The molecule has 3 aromatic rings. The van der Waals surface area contributed by atoms with Gasteiger partial charge in [0.05, 0.1) is 11.9 Å². The molecule has 5 heteroatoms. The molecular formula is C16H15N3S2. The highest BCUT2D eigenvalue weighted by Gasteiger charge is 2.09. The van der Waals surface area contributed by atoms with E-state index in [2.05, 4.69) is 53.6 Å². The first-order chi connectivity index (χ1) is 10.2. The van der Waals surface area contributed by atoms with Crippen LogP contribution in [-0.2, 0) is 0 Å². The van der Waals surface area contributed by atoms with Crippen LogP contribution >= 0.6 is 22.7 Å². The second kappa shape index (κ2) is 6.20. The number of thiophene rings is 1. The van der Waals surface area contributed by atoms with Crippen molar-refractivity contribution in [1.29, 1.82) is 0 Å². The molecule has 0 fully saturated rings. The van der Waals surface area contributed by atoms with Gasteiger partial charge in [-0.05, 0) is 25.3 Å². The number of hydrogen-bond acceptors (Lipinski definition) is 5. The Balaban J connectivity index is 1.76. The molecule has 106 valence electrons. The number of aromatic nitrogens is 1. The Morgan fingerprint density at radius 3 is 2.67 bits per heavy atom. The van der Waals surface area contributed by atoms with Gasteiger partial charge in [0.2, 0.25) is 5.13 Å². The molecule has 1 N–H and O–H groups in total. The molecule has 0 radical (unpaired) electrons. The molecule has 0 amide bonds. The Morgan fingerprint density at radius 1 is 1.14 bits per heavy atom. The summed E-state index contributed by atoms with van der Waals surface area (Å²) < 4.78 is 0. The lowest BCUT2D eigenvalue weighted by atomic mass is 10.1.